The van der Waals surface area contributed by atoms with Gasteiger partial charge >= 0.3 is 0 Å². The van der Waals surface area contributed by atoms with E-state index in [1.165, 1.54) is 11.0 Å². The van der Waals surface area contributed by atoms with Gasteiger partial charge < -0.3 is 5.73 Å². The molecule has 0 aromatic heterocycles. The molecule has 1 unspecified atom stereocenters. The molecule has 0 radical (unpaired) electrons. The first-order valence-electron chi connectivity index (χ1n) is 3.99. The quantitative estimate of drug-likeness (QED) is 0.577. The normalized spacial score (nSPS) is 12.9. The van der Waals surface area contributed by atoms with Crippen LogP contribution in [0.15, 0.2) is 24.3 Å². The third-order valence-corrected chi connectivity index (χ3v) is 1.64. The molecule has 0 aliphatic carbocycles. The molecule has 0 spiro atoms. The Bertz CT molecular complexity index is 233. The molecule has 1 rings (SSSR count). The molecule has 0 heterocycles. The lowest BCUT2D eigenvalue weighted by Crippen LogP contribution is -2.18. The molecule has 0 saturated carbocycles. The molecule has 58 valence electrons. The molecule has 11 heavy (non-hydrogen) atoms. The van der Waals surface area contributed by atoms with Gasteiger partial charge in [-0.15, -0.1) is 0 Å². The molecule has 1 aromatic rings. The van der Waals surface area contributed by atoms with Crippen molar-refractivity contribution in [2.75, 3.05) is 0 Å². The molecular formula is C9H14BN. The highest BCUT2D eigenvalue weighted by atomic mass is 14.6. The van der Waals surface area contributed by atoms with E-state index in [2.05, 4.69) is 32.1 Å². The molecule has 2 heteroatoms. The lowest BCUT2D eigenvalue weighted by atomic mass is 9.93. The Morgan fingerprint density at radius 2 is 2.27 bits per heavy atom. The Morgan fingerprint density at radius 1 is 1.55 bits per heavy atom. The van der Waals surface area contributed by atoms with E-state index in [0.29, 0.717) is 0 Å². The topological polar surface area (TPSA) is 26.0 Å². The minimum Gasteiger partial charge on any atom is -0.328 e. The third-order valence-electron chi connectivity index (χ3n) is 1.64. The van der Waals surface area contributed by atoms with Crippen LogP contribution in [0.4, 0.5) is 0 Å². The summed E-state index contributed by atoms with van der Waals surface area (Å²) in [7, 11) is 2.10. The summed E-state index contributed by atoms with van der Waals surface area (Å²) in [6.07, 6.45) is 0.974. The van der Waals surface area contributed by atoms with Crippen LogP contribution in [0.3, 0.4) is 0 Å². The Labute approximate surface area is 69.0 Å². The molecule has 1 nitrogen and oxygen atoms in total. The molecular weight excluding hydrogens is 133 g/mol. The molecule has 1 aromatic carbocycles. The molecule has 0 bridgehead atoms. The van der Waals surface area contributed by atoms with Gasteiger partial charge in [-0.3, -0.25) is 0 Å². The van der Waals surface area contributed by atoms with E-state index in [1.807, 2.05) is 6.92 Å². The molecule has 0 fully saturated rings. The summed E-state index contributed by atoms with van der Waals surface area (Å²) in [4.78, 5) is 0. The fourth-order valence-electron chi connectivity index (χ4n) is 1.21. The van der Waals surface area contributed by atoms with Crippen molar-refractivity contribution in [3.63, 3.8) is 0 Å². The highest BCUT2D eigenvalue weighted by Crippen LogP contribution is 1.98. The van der Waals surface area contributed by atoms with E-state index >= 15 is 0 Å². The van der Waals surface area contributed by atoms with Gasteiger partial charge in [0.1, 0.15) is 7.85 Å². The third kappa shape index (κ3) is 2.77. The van der Waals surface area contributed by atoms with Gasteiger partial charge in [0.05, 0.1) is 0 Å². The van der Waals surface area contributed by atoms with Gasteiger partial charge in [0, 0.05) is 6.04 Å². The molecule has 0 saturated heterocycles. The van der Waals surface area contributed by atoms with Crippen LogP contribution in [-0.2, 0) is 6.42 Å². The van der Waals surface area contributed by atoms with Crippen molar-refractivity contribution in [2.45, 2.75) is 19.4 Å². The molecule has 2 N–H and O–H groups in total. The smallest absolute Gasteiger partial charge is 0.139 e. The van der Waals surface area contributed by atoms with Crippen LogP contribution in [0.25, 0.3) is 0 Å². The second kappa shape index (κ2) is 3.58. The maximum atomic E-state index is 5.67. The van der Waals surface area contributed by atoms with E-state index < -0.39 is 0 Å². The molecule has 0 aliphatic heterocycles. The number of benzene rings is 1. The van der Waals surface area contributed by atoms with E-state index in [0.717, 1.165) is 6.42 Å². The van der Waals surface area contributed by atoms with Crippen molar-refractivity contribution in [2.24, 2.45) is 5.73 Å². The van der Waals surface area contributed by atoms with E-state index in [1.54, 1.807) is 0 Å². The van der Waals surface area contributed by atoms with Crippen molar-refractivity contribution in [1.29, 1.82) is 0 Å². The fourth-order valence-corrected chi connectivity index (χ4v) is 1.21. The fraction of sp³-hybridized carbons (Fsp3) is 0.333. The summed E-state index contributed by atoms with van der Waals surface area (Å²) in [5, 5.41) is 0. The predicted molar refractivity (Wildman–Crippen MR) is 52.0 cm³/mol. The van der Waals surface area contributed by atoms with Crippen LogP contribution >= 0.6 is 0 Å². The second-order valence-corrected chi connectivity index (χ2v) is 3.17. The van der Waals surface area contributed by atoms with Crippen LogP contribution in [0, 0.1) is 0 Å². The first-order chi connectivity index (χ1) is 5.18. The predicted octanol–water partition coefficient (Wildman–Crippen LogP) is -0.165. The Hall–Kier alpha value is -0.755. The van der Waals surface area contributed by atoms with Crippen LogP contribution in [0.5, 0.6) is 0 Å². The van der Waals surface area contributed by atoms with Gasteiger partial charge in [-0.05, 0) is 18.9 Å². The Kier molecular flexibility index (Phi) is 2.72. The first-order valence-corrected chi connectivity index (χ1v) is 3.99. The van der Waals surface area contributed by atoms with Gasteiger partial charge in [0.2, 0.25) is 0 Å². The summed E-state index contributed by atoms with van der Waals surface area (Å²) < 4.78 is 0. The van der Waals surface area contributed by atoms with Crippen LogP contribution < -0.4 is 11.2 Å². The zero-order chi connectivity index (χ0) is 8.27. The second-order valence-electron chi connectivity index (χ2n) is 3.17. The number of nitrogens with two attached hydrogens (primary N) is 1. The summed E-state index contributed by atoms with van der Waals surface area (Å²) in [5.74, 6) is 0. The average molecular weight is 147 g/mol. The zero-order valence-electron chi connectivity index (χ0n) is 7.17. The summed E-state index contributed by atoms with van der Waals surface area (Å²) in [5.41, 5.74) is 8.32. The van der Waals surface area contributed by atoms with Crippen LogP contribution in [0.2, 0.25) is 0 Å². The summed E-state index contributed by atoms with van der Waals surface area (Å²) in [6.45, 7) is 2.03. The van der Waals surface area contributed by atoms with E-state index in [4.69, 9.17) is 5.73 Å². The minimum atomic E-state index is 0.261. The molecule has 0 aliphatic rings. The van der Waals surface area contributed by atoms with E-state index in [-0.39, 0.29) is 6.04 Å². The summed E-state index contributed by atoms with van der Waals surface area (Å²) in [6, 6.07) is 8.74. The largest absolute Gasteiger partial charge is 0.328 e. The van der Waals surface area contributed by atoms with Crippen LogP contribution in [-0.4, -0.2) is 13.9 Å². The Morgan fingerprint density at radius 3 is 2.82 bits per heavy atom. The van der Waals surface area contributed by atoms with Crippen molar-refractivity contribution in [1.82, 2.24) is 0 Å². The van der Waals surface area contributed by atoms with E-state index in [9.17, 15) is 0 Å². The maximum absolute atomic E-state index is 5.67. The average Bonchev–Trinajstić information content (AvgIpc) is 1.85. The van der Waals surface area contributed by atoms with Gasteiger partial charge in [-0.2, -0.15) is 0 Å². The van der Waals surface area contributed by atoms with Crippen molar-refractivity contribution >= 4 is 13.3 Å². The van der Waals surface area contributed by atoms with Gasteiger partial charge in [0.25, 0.3) is 0 Å². The zero-order valence-corrected chi connectivity index (χ0v) is 7.17. The number of rotatable bonds is 2. The summed E-state index contributed by atoms with van der Waals surface area (Å²) >= 11 is 0. The lowest BCUT2D eigenvalue weighted by Gasteiger charge is -2.04. The lowest BCUT2D eigenvalue weighted by molar-refractivity contribution is 0.738. The van der Waals surface area contributed by atoms with Gasteiger partial charge in [-0.25, -0.2) is 0 Å². The Balaban J connectivity index is 2.71. The van der Waals surface area contributed by atoms with Crippen molar-refractivity contribution < 1.29 is 0 Å². The standard InChI is InChI=1S/C9H14BN/c1-7(11)5-8-3-2-4-9(10)6-8/h2-4,6-7H,5,10-11H2,1H3. The van der Waals surface area contributed by atoms with Gasteiger partial charge in [0.15, 0.2) is 0 Å². The van der Waals surface area contributed by atoms with Crippen molar-refractivity contribution in [3.8, 4) is 0 Å². The van der Waals surface area contributed by atoms with Crippen LogP contribution in [0.1, 0.15) is 12.5 Å². The molecule has 0 amide bonds. The number of hydrogen-bond donors (Lipinski definition) is 1. The number of hydrogen-bond acceptors (Lipinski definition) is 1. The maximum Gasteiger partial charge on any atom is 0.139 e. The SMILES string of the molecule is Bc1cccc(CC(C)N)c1. The first kappa shape index (κ1) is 8.34. The highest BCUT2D eigenvalue weighted by molar-refractivity contribution is 6.32. The monoisotopic (exact) mass is 147 g/mol. The minimum absolute atomic E-state index is 0.261. The highest BCUT2D eigenvalue weighted by Gasteiger charge is 1.96. The molecule has 1 atom stereocenters. The van der Waals surface area contributed by atoms with Gasteiger partial charge in [-0.1, -0.05) is 29.7 Å². The van der Waals surface area contributed by atoms with Crippen molar-refractivity contribution in [3.05, 3.63) is 29.8 Å².